The number of guanidine groups is 1. The lowest BCUT2D eigenvalue weighted by molar-refractivity contribution is 0.0264. The first kappa shape index (κ1) is 26.0. The molecule has 0 atom stereocenters. The normalized spacial score (nSPS) is 20.0. The van der Waals surface area contributed by atoms with Crippen molar-refractivity contribution in [3.8, 4) is 0 Å². The standard InChI is InChI=1S/C22H44N4O.HI/c1-3-16-26-17-13-20(14-18-26)25-22(23-4-2)24-15-9-6-10-19-27-21-11-7-5-8-12-21;/h20-21H,3-19H2,1-2H3,(H2,23,24,25);1H. The molecule has 2 rings (SSSR count). The summed E-state index contributed by atoms with van der Waals surface area (Å²) in [7, 11) is 0. The van der Waals surface area contributed by atoms with Gasteiger partial charge >= 0.3 is 0 Å². The van der Waals surface area contributed by atoms with Gasteiger partial charge in [-0.15, -0.1) is 24.0 Å². The van der Waals surface area contributed by atoms with Crippen molar-refractivity contribution in [1.29, 1.82) is 0 Å². The molecule has 1 saturated carbocycles. The Morgan fingerprint density at radius 2 is 1.75 bits per heavy atom. The molecule has 5 nitrogen and oxygen atoms in total. The van der Waals surface area contributed by atoms with Crippen LogP contribution >= 0.6 is 24.0 Å². The maximum absolute atomic E-state index is 6.01. The van der Waals surface area contributed by atoms with E-state index >= 15 is 0 Å². The molecule has 0 bridgehead atoms. The van der Waals surface area contributed by atoms with Crippen molar-refractivity contribution in [3.05, 3.63) is 0 Å². The number of piperidine rings is 1. The summed E-state index contributed by atoms with van der Waals surface area (Å²) in [5.74, 6) is 1.00. The second-order valence-electron chi connectivity index (χ2n) is 8.21. The van der Waals surface area contributed by atoms with Gasteiger partial charge in [0.25, 0.3) is 0 Å². The number of unbranched alkanes of at least 4 members (excludes halogenated alkanes) is 2. The number of hydrogen-bond donors (Lipinski definition) is 2. The Morgan fingerprint density at radius 1 is 1.00 bits per heavy atom. The van der Waals surface area contributed by atoms with Gasteiger partial charge in [-0.1, -0.05) is 26.2 Å². The molecule has 1 aliphatic heterocycles. The van der Waals surface area contributed by atoms with Crippen LogP contribution in [0.2, 0.25) is 0 Å². The molecule has 6 heteroatoms. The summed E-state index contributed by atoms with van der Waals surface area (Å²) < 4.78 is 6.01. The van der Waals surface area contributed by atoms with Crippen LogP contribution in [0.15, 0.2) is 4.99 Å². The maximum Gasteiger partial charge on any atom is 0.191 e. The summed E-state index contributed by atoms with van der Waals surface area (Å²) >= 11 is 0. The van der Waals surface area contributed by atoms with Gasteiger partial charge in [0.15, 0.2) is 5.96 Å². The van der Waals surface area contributed by atoms with Crippen molar-refractivity contribution in [1.82, 2.24) is 15.5 Å². The molecule has 1 aliphatic carbocycles. The summed E-state index contributed by atoms with van der Waals surface area (Å²) in [5, 5.41) is 7.06. The summed E-state index contributed by atoms with van der Waals surface area (Å²) in [5.41, 5.74) is 0. The van der Waals surface area contributed by atoms with E-state index in [0.29, 0.717) is 12.1 Å². The van der Waals surface area contributed by atoms with Gasteiger partial charge in [0, 0.05) is 38.8 Å². The van der Waals surface area contributed by atoms with Crippen LogP contribution in [-0.4, -0.2) is 62.3 Å². The number of halogens is 1. The van der Waals surface area contributed by atoms with E-state index in [9.17, 15) is 0 Å². The van der Waals surface area contributed by atoms with Gasteiger partial charge in [0.1, 0.15) is 0 Å². The van der Waals surface area contributed by atoms with E-state index in [1.54, 1.807) is 0 Å². The first-order valence-electron chi connectivity index (χ1n) is 11.7. The van der Waals surface area contributed by atoms with Crippen molar-refractivity contribution in [3.63, 3.8) is 0 Å². The van der Waals surface area contributed by atoms with Crippen LogP contribution < -0.4 is 10.6 Å². The molecule has 1 heterocycles. The maximum atomic E-state index is 6.01. The van der Waals surface area contributed by atoms with Crippen molar-refractivity contribution in [2.24, 2.45) is 4.99 Å². The largest absolute Gasteiger partial charge is 0.378 e. The Balaban J connectivity index is 0.00000392. The molecule has 0 radical (unpaired) electrons. The molecule has 166 valence electrons. The SMILES string of the molecule is CCCN1CCC(NC(=NCCCCCOC2CCCCC2)NCC)CC1.I. The number of hydrogen-bond acceptors (Lipinski definition) is 3. The Bertz CT molecular complexity index is 394. The van der Waals surface area contributed by atoms with E-state index in [1.807, 2.05) is 0 Å². The minimum absolute atomic E-state index is 0. The first-order chi connectivity index (χ1) is 13.3. The number of aliphatic imine (C=N–C) groups is 1. The Labute approximate surface area is 190 Å². The van der Waals surface area contributed by atoms with Crippen LogP contribution in [0.1, 0.15) is 84.5 Å². The molecule has 2 fully saturated rings. The second kappa shape index (κ2) is 16.7. The van der Waals surface area contributed by atoms with Crippen LogP contribution in [0, 0.1) is 0 Å². The average Bonchev–Trinajstić information content (AvgIpc) is 2.70. The molecule has 0 aromatic rings. The van der Waals surface area contributed by atoms with Crippen LogP contribution in [0.4, 0.5) is 0 Å². The summed E-state index contributed by atoms with van der Waals surface area (Å²) in [4.78, 5) is 7.37. The fourth-order valence-electron chi connectivity index (χ4n) is 4.19. The third kappa shape index (κ3) is 11.2. The van der Waals surface area contributed by atoms with Crippen LogP contribution in [0.5, 0.6) is 0 Å². The fraction of sp³-hybridized carbons (Fsp3) is 0.955. The molecule has 0 amide bonds. The van der Waals surface area contributed by atoms with E-state index in [0.717, 1.165) is 32.1 Å². The number of nitrogens with one attached hydrogen (secondary N) is 2. The Morgan fingerprint density at radius 3 is 2.43 bits per heavy atom. The fourth-order valence-corrected chi connectivity index (χ4v) is 4.19. The summed E-state index contributed by atoms with van der Waals surface area (Å²) in [6.45, 7) is 10.8. The van der Waals surface area contributed by atoms with E-state index in [2.05, 4.69) is 29.4 Å². The molecule has 0 unspecified atom stereocenters. The third-order valence-electron chi connectivity index (χ3n) is 5.79. The Hall–Kier alpha value is -0.0800. The minimum atomic E-state index is 0. The van der Waals surface area contributed by atoms with Crippen LogP contribution in [-0.2, 0) is 4.74 Å². The lowest BCUT2D eigenvalue weighted by Crippen LogP contribution is -2.48. The van der Waals surface area contributed by atoms with Crippen molar-refractivity contribution in [2.75, 3.05) is 39.3 Å². The van der Waals surface area contributed by atoms with Crippen LogP contribution in [0.3, 0.4) is 0 Å². The summed E-state index contributed by atoms with van der Waals surface area (Å²) in [6, 6.07) is 0.569. The molecule has 0 aromatic heterocycles. The first-order valence-corrected chi connectivity index (χ1v) is 11.7. The van der Waals surface area contributed by atoms with Crippen LogP contribution in [0.25, 0.3) is 0 Å². The second-order valence-corrected chi connectivity index (χ2v) is 8.21. The highest BCUT2D eigenvalue weighted by Gasteiger charge is 2.19. The van der Waals surface area contributed by atoms with Gasteiger partial charge < -0.3 is 20.3 Å². The van der Waals surface area contributed by atoms with Gasteiger partial charge in [-0.3, -0.25) is 4.99 Å². The molecule has 0 spiro atoms. The smallest absolute Gasteiger partial charge is 0.191 e. The highest BCUT2D eigenvalue weighted by atomic mass is 127. The molecule has 28 heavy (non-hydrogen) atoms. The lowest BCUT2D eigenvalue weighted by atomic mass is 9.98. The zero-order chi connectivity index (χ0) is 19.2. The molecular formula is C22H45IN4O. The molecule has 2 N–H and O–H groups in total. The van der Waals surface area contributed by atoms with E-state index in [-0.39, 0.29) is 24.0 Å². The topological polar surface area (TPSA) is 48.9 Å². The number of rotatable bonds is 11. The van der Waals surface area contributed by atoms with Crippen molar-refractivity contribution in [2.45, 2.75) is 96.6 Å². The van der Waals surface area contributed by atoms with Gasteiger partial charge in [0.2, 0.25) is 0 Å². The molecular weight excluding hydrogens is 463 g/mol. The lowest BCUT2D eigenvalue weighted by Gasteiger charge is -2.32. The van der Waals surface area contributed by atoms with Gasteiger partial charge in [-0.2, -0.15) is 0 Å². The van der Waals surface area contributed by atoms with E-state index < -0.39 is 0 Å². The highest BCUT2D eigenvalue weighted by molar-refractivity contribution is 14.0. The Kier molecular flexibility index (Phi) is 15.5. The zero-order valence-corrected chi connectivity index (χ0v) is 20.7. The predicted octanol–water partition coefficient (Wildman–Crippen LogP) is 4.55. The van der Waals surface area contributed by atoms with E-state index in [4.69, 9.17) is 9.73 Å². The minimum Gasteiger partial charge on any atom is -0.378 e. The van der Waals surface area contributed by atoms with Crippen molar-refractivity contribution < 1.29 is 4.74 Å². The van der Waals surface area contributed by atoms with Gasteiger partial charge in [-0.25, -0.2) is 0 Å². The molecule has 0 aromatic carbocycles. The summed E-state index contributed by atoms with van der Waals surface area (Å²) in [6.07, 6.45) is 14.5. The molecule has 1 saturated heterocycles. The number of ether oxygens (including phenoxy) is 1. The number of likely N-dealkylation sites (tertiary alicyclic amines) is 1. The van der Waals surface area contributed by atoms with Crippen molar-refractivity contribution >= 4 is 29.9 Å². The molecule has 2 aliphatic rings. The predicted molar refractivity (Wildman–Crippen MR) is 131 cm³/mol. The quantitative estimate of drug-likeness (QED) is 0.186. The highest BCUT2D eigenvalue weighted by Crippen LogP contribution is 2.20. The number of nitrogens with zero attached hydrogens (tertiary/aromatic N) is 2. The third-order valence-corrected chi connectivity index (χ3v) is 5.79. The van der Waals surface area contributed by atoms with Gasteiger partial charge in [-0.05, 0) is 64.8 Å². The monoisotopic (exact) mass is 508 g/mol. The van der Waals surface area contributed by atoms with Gasteiger partial charge in [0.05, 0.1) is 6.10 Å². The van der Waals surface area contributed by atoms with E-state index in [1.165, 1.54) is 83.8 Å². The zero-order valence-electron chi connectivity index (χ0n) is 18.4. The average molecular weight is 509 g/mol.